The zero-order valence-electron chi connectivity index (χ0n) is 16.5. The molecule has 0 saturated carbocycles. The van der Waals surface area contributed by atoms with Gasteiger partial charge in [-0.25, -0.2) is 14.3 Å². The minimum absolute atomic E-state index is 0.108. The third-order valence-corrected chi connectivity index (χ3v) is 5.03. The molecule has 0 unspecified atom stereocenters. The van der Waals surface area contributed by atoms with Crippen molar-refractivity contribution in [3.63, 3.8) is 0 Å². The second-order valence-corrected chi connectivity index (χ2v) is 7.08. The Hall–Kier alpha value is -4.14. The van der Waals surface area contributed by atoms with E-state index >= 15 is 0 Å². The van der Waals surface area contributed by atoms with Crippen LogP contribution in [-0.2, 0) is 6.42 Å². The second kappa shape index (κ2) is 7.94. The molecule has 31 heavy (non-hydrogen) atoms. The minimum atomic E-state index is -0.593. The number of H-pyrrole nitrogens is 1. The molecule has 0 bridgehead atoms. The molecule has 9 heteroatoms. The van der Waals surface area contributed by atoms with Gasteiger partial charge < -0.3 is 14.8 Å². The van der Waals surface area contributed by atoms with Gasteiger partial charge >= 0.3 is 5.69 Å². The van der Waals surface area contributed by atoms with Crippen molar-refractivity contribution in [3.8, 4) is 17.2 Å². The first-order valence-electron chi connectivity index (χ1n) is 9.89. The summed E-state index contributed by atoms with van der Waals surface area (Å²) in [6.07, 6.45) is 3.25. The van der Waals surface area contributed by atoms with Gasteiger partial charge in [0.15, 0.2) is 17.1 Å². The summed E-state index contributed by atoms with van der Waals surface area (Å²) >= 11 is 0. The zero-order chi connectivity index (χ0) is 21.2. The predicted molar refractivity (Wildman–Crippen MR) is 115 cm³/mol. The fraction of sp³-hybridized carbons (Fsp3) is 0.182. The fourth-order valence-corrected chi connectivity index (χ4v) is 3.48. The highest BCUT2D eigenvalue weighted by Crippen LogP contribution is 2.33. The summed E-state index contributed by atoms with van der Waals surface area (Å²) in [5.74, 6) is 1.41. The van der Waals surface area contributed by atoms with Gasteiger partial charge in [0.05, 0.1) is 5.69 Å². The van der Waals surface area contributed by atoms with E-state index in [1.165, 1.54) is 11.8 Å². The van der Waals surface area contributed by atoms with Crippen LogP contribution in [0.15, 0.2) is 64.3 Å². The number of fused-ring (bicyclic) bond motifs is 2. The molecule has 0 atom stereocenters. The van der Waals surface area contributed by atoms with Gasteiger partial charge in [-0.1, -0.05) is 30.3 Å². The maximum atomic E-state index is 12.9. The highest BCUT2D eigenvalue weighted by molar-refractivity contribution is 5.73. The fourth-order valence-electron chi connectivity index (χ4n) is 3.48. The number of ether oxygens (including phenoxy) is 2. The molecule has 4 aromatic rings. The first-order chi connectivity index (χ1) is 15.2. The lowest BCUT2D eigenvalue weighted by Crippen LogP contribution is -2.34. The molecule has 0 saturated heterocycles. The smallest absolute Gasteiger partial charge is 0.334 e. The Balaban J connectivity index is 1.37. The van der Waals surface area contributed by atoms with Crippen molar-refractivity contribution in [1.82, 2.24) is 19.5 Å². The van der Waals surface area contributed by atoms with Gasteiger partial charge in [0, 0.05) is 18.8 Å². The molecule has 1 aliphatic rings. The molecule has 1 aliphatic heterocycles. The maximum absolute atomic E-state index is 12.9. The monoisotopic (exact) mass is 417 g/mol. The third kappa shape index (κ3) is 3.73. The summed E-state index contributed by atoms with van der Waals surface area (Å²) in [5.41, 5.74) is 0.725. The quantitative estimate of drug-likeness (QED) is 0.463. The van der Waals surface area contributed by atoms with E-state index in [0.717, 1.165) is 17.4 Å². The van der Waals surface area contributed by atoms with Gasteiger partial charge in [0.1, 0.15) is 5.39 Å². The number of rotatable bonds is 6. The van der Waals surface area contributed by atoms with E-state index in [0.29, 0.717) is 29.7 Å². The van der Waals surface area contributed by atoms with E-state index in [9.17, 15) is 9.59 Å². The van der Waals surface area contributed by atoms with Gasteiger partial charge in [-0.3, -0.25) is 9.78 Å². The van der Waals surface area contributed by atoms with Crippen LogP contribution < -0.4 is 26.0 Å². The Morgan fingerprint density at radius 2 is 1.90 bits per heavy atom. The van der Waals surface area contributed by atoms with Crippen molar-refractivity contribution >= 4 is 17.0 Å². The summed E-state index contributed by atoms with van der Waals surface area (Å²) in [5, 5.41) is 3.35. The standard InChI is InChI=1S/C22H19N5O4/c28-20-16-12-24-21(23-10-4-7-14-5-2-1-3-6-14)25-19(16)26-22(29)27(20)15-8-9-17-18(11-15)31-13-30-17/h1-3,5-6,8-9,11-12H,4,7,10,13H2,(H2,23,24,25,26,29). The van der Waals surface area contributed by atoms with Crippen LogP contribution in [0.1, 0.15) is 12.0 Å². The van der Waals surface area contributed by atoms with Crippen LogP contribution in [0.3, 0.4) is 0 Å². The van der Waals surface area contributed by atoms with Crippen LogP contribution in [0, 0.1) is 0 Å². The number of aryl methyl sites for hydroxylation is 1. The maximum Gasteiger partial charge on any atom is 0.334 e. The summed E-state index contributed by atoms with van der Waals surface area (Å²) in [6, 6.07) is 15.1. The molecule has 2 aromatic carbocycles. The van der Waals surface area contributed by atoms with Crippen LogP contribution in [0.2, 0.25) is 0 Å². The zero-order valence-corrected chi connectivity index (χ0v) is 16.5. The lowest BCUT2D eigenvalue weighted by Gasteiger charge is -2.08. The first kappa shape index (κ1) is 18.9. The highest BCUT2D eigenvalue weighted by atomic mass is 16.7. The average molecular weight is 417 g/mol. The molecule has 0 aliphatic carbocycles. The molecule has 9 nitrogen and oxygen atoms in total. The van der Waals surface area contributed by atoms with Crippen molar-refractivity contribution in [2.75, 3.05) is 18.7 Å². The molecule has 2 aromatic heterocycles. The molecule has 156 valence electrons. The lowest BCUT2D eigenvalue weighted by molar-refractivity contribution is 0.174. The lowest BCUT2D eigenvalue weighted by atomic mass is 10.1. The molecule has 0 amide bonds. The average Bonchev–Trinajstić information content (AvgIpc) is 3.25. The number of benzene rings is 2. The number of aromatic nitrogens is 4. The summed E-state index contributed by atoms with van der Waals surface area (Å²) in [6.45, 7) is 0.773. The van der Waals surface area contributed by atoms with Crippen LogP contribution in [-0.4, -0.2) is 32.9 Å². The van der Waals surface area contributed by atoms with E-state index in [4.69, 9.17) is 9.47 Å². The van der Waals surface area contributed by atoms with E-state index in [2.05, 4.69) is 32.4 Å². The van der Waals surface area contributed by atoms with Crippen molar-refractivity contribution < 1.29 is 9.47 Å². The molecule has 0 radical (unpaired) electrons. The topological polar surface area (TPSA) is 111 Å². The number of hydrogen-bond donors (Lipinski definition) is 2. The molecule has 5 rings (SSSR count). The number of nitrogens with zero attached hydrogens (tertiary/aromatic N) is 3. The molecule has 0 fully saturated rings. The van der Waals surface area contributed by atoms with Gasteiger partial charge in [-0.15, -0.1) is 0 Å². The minimum Gasteiger partial charge on any atom is -0.454 e. The second-order valence-electron chi connectivity index (χ2n) is 7.08. The van der Waals surface area contributed by atoms with Crippen molar-refractivity contribution in [2.45, 2.75) is 12.8 Å². The van der Waals surface area contributed by atoms with Gasteiger partial charge in [0.2, 0.25) is 12.7 Å². The summed E-state index contributed by atoms with van der Waals surface area (Å²) in [4.78, 5) is 36.8. The molecule has 3 heterocycles. The van der Waals surface area contributed by atoms with Crippen molar-refractivity contribution in [2.24, 2.45) is 0 Å². The largest absolute Gasteiger partial charge is 0.454 e. The van der Waals surface area contributed by atoms with Gasteiger partial charge in [-0.2, -0.15) is 4.98 Å². The van der Waals surface area contributed by atoms with Crippen LogP contribution >= 0.6 is 0 Å². The number of nitrogens with one attached hydrogen (secondary N) is 2. The van der Waals surface area contributed by atoms with Gasteiger partial charge in [-0.05, 0) is 30.5 Å². The van der Waals surface area contributed by atoms with Crippen LogP contribution in [0.25, 0.3) is 16.7 Å². The molecular formula is C22H19N5O4. The third-order valence-electron chi connectivity index (χ3n) is 5.03. The number of hydrogen-bond acceptors (Lipinski definition) is 7. The SMILES string of the molecule is O=c1[nH]c2nc(NCCCc3ccccc3)ncc2c(=O)n1-c1ccc2c(c1)OCO2. The summed E-state index contributed by atoms with van der Waals surface area (Å²) < 4.78 is 11.6. The van der Waals surface area contributed by atoms with Crippen molar-refractivity contribution in [1.29, 1.82) is 0 Å². The normalized spacial score (nSPS) is 12.3. The van der Waals surface area contributed by atoms with E-state index in [-0.39, 0.29) is 17.8 Å². The Bertz CT molecular complexity index is 1360. The van der Waals surface area contributed by atoms with E-state index in [1.54, 1.807) is 18.2 Å². The van der Waals surface area contributed by atoms with Gasteiger partial charge in [0.25, 0.3) is 5.56 Å². The number of aromatic amines is 1. The molecule has 2 N–H and O–H groups in total. The Morgan fingerprint density at radius 3 is 2.77 bits per heavy atom. The Labute approximate surface area is 176 Å². The molecule has 0 spiro atoms. The first-order valence-corrected chi connectivity index (χ1v) is 9.89. The van der Waals surface area contributed by atoms with Crippen molar-refractivity contribution in [3.05, 3.63) is 81.1 Å². The Kier molecular flexibility index (Phi) is 4.83. The van der Waals surface area contributed by atoms with Crippen LogP contribution in [0.5, 0.6) is 11.5 Å². The highest BCUT2D eigenvalue weighted by Gasteiger charge is 2.17. The van der Waals surface area contributed by atoms with E-state index in [1.807, 2.05) is 18.2 Å². The predicted octanol–water partition coefficient (Wildman–Crippen LogP) is 2.24. The molecular weight excluding hydrogens is 398 g/mol. The van der Waals surface area contributed by atoms with Crippen LogP contribution in [0.4, 0.5) is 5.95 Å². The summed E-state index contributed by atoms with van der Waals surface area (Å²) in [7, 11) is 0. The number of anilines is 1. The Morgan fingerprint density at radius 1 is 1.06 bits per heavy atom. The van der Waals surface area contributed by atoms with E-state index < -0.39 is 11.2 Å².